The Morgan fingerprint density at radius 1 is 1.19 bits per heavy atom. The van der Waals surface area contributed by atoms with Gasteiger partial charge < -0.3 is 4.90 Å². The van der Waals surface area contributed by atoms with Gasteiger partial charge in [-0.3, -0.25) is 4.79 Å². The number of rotatable bonds is 1. The summed E-state index contributed by atoms with van der Waals surface area (Å²) in [6, 6.07) is 3.38. The van der Waals surface area contributed by atoms with Gasteiger partial charge in [-0.15, -0.1) is 0 Å². The molecule has 1 saturated heterocycles. The predicted molar refractivity (Wildman–Crippen MR) is 74.3 cm³/mol. The molecule has 1 aromatic rings. The number of hydrogen-bond acceptors (Lipinski definition) is 1. The number of likely N-dealkylation sites (tertiary alicyclic amines) is 1. The Morgan fingerprint density at radius 2 is 1.69 bits per heavy atom. The number of hydrogen-bond donors (Lipinski definition) is 0. The van der Waals surface area contributed by atoms with E-state index < -0.39 is 0 Å². The summed E-state index contributed by atoms with van der Waals surface area (Å²) in [4.78, 5) is 13.9. The van der Waals surface area contributed by atoms with Crippen LogP contribution in [0, 0.1) is 3.57 Å². The molecule has 1 aromatic carbocycles. The third-order valence-corrected chi connectivity index (χ3v) is 5.02. The molecule has 0 spiro atoms. The van der Waals surface area contributed by atoms with Crippen LogP contribution in [0.1, 0.15) is 23.2 Å². The van der Waals surface area contributed by atoms with E-state index in [-0.39, 0.29) is 5.91 Å². The minimum atomic E-state index is 0.0256. The van der Waals surface area contributed by atoms with E-state index in [1.807, 2.05) is 4.90 Å². The van der Waals surface area contributed by atoms with Gasteiger partial charge in [0.1, 0.15) is 0 Å². The van der Waals surface area contributed by atoms with Crippen LogP contribution in [0.2, 0.25) is 10.0 Å². The normalized spacial score (nSPS) is 15.6. The highest BCUT2D eigenvalue weighted by atomic mass is 127. The summed E-state index contributed by atoms with van der Waals surface area (Å²) in [5.41, 5.74) is 0.581. The van der Waals surface area contributed by atoms with Crippen molar-refractivity contribution in [2.24, 2.45) is 0 Å². The van der Waals surface area contributed by atoms with Gasteiger partial charge in [-0.2, -0.15) is 0 Å². The maximum atomic E-state index is 12.1. The number of halogens is 3. The van der Waals surface area contributed by atoms with Crippen molar-refractivity contribution in [2.75, 3.05) is 13.1 Å². The molecule has 0 aromatic heterocycles. The zero-order valence-corrected chi connectivity index (χ0v) is 12.1. The topological polar surface area (TPSA) is 20.3 Å². The number of carbonyl (C=O) groups excluding carboxylic acids is 1. The zero-order chi connectivity index (χ0) is 11.7. The number of nitrogens with zero attached hydrogens (tertiary/aromatic N) is 1. The third-order valence-electron chi connectivity index (χ3n) is 2.62. The number of benzene rings is 1. The molecular formula is C11H10Cl2INO. The molecule has 1 heterocycles. The fourth-order valence-corrected chi connectivity index (χ4v) is 2.58. The van der Waals surface area contributed by atoms with Crippen molar-refractivity contribution in [3.8, 4) is 0 Å². The lowest BCUT2D eigenvalue weighted by atomic mass is 10.2. The van der Waals surface area contributed by atoms with E-state index in [9.17, 15) is 4.79 Å². The molecule has 1 aliphatic heterocycles. The largest absolute Gasteiger partial charge is 0.339 e. The van der Waals surface area contributed by atoms with E-state index in [4.69, 9.17) is 23.2 Å². The maximum Gasteiger partial charge on any atom is 0.253 e. The first kappa shape index (κ1) is 12.5. The second-order valence-corrected chi connectivity index (χ2v) is 5.65. The van der Waals surface area contributed by atoms with Gasteiger partial charge in [0.25, 0.3) is 5.91 Å². The Bertz CT molecular complexity index is 407. The van der Waals surface area contributed by atoms with E-state index in [1.165, 1.54) is 0 Å². The highest BCUT2D eigenvalue weighted by Crippen LogP contribution is 2.28. The molecule has 0 unspecified atom stereocenters. The van der Waals surface area contributed by atoms with Crippen molar-refractivity contribution in [3.63, 3.8) is 0 Å². The molecule has 0 saturated carbocycles. The van der Waals surface area contributed by atoms with Crippen LogP contribution in [0.3, 0.4) is 0 Å². The average Bonchev–Trinajstić information content (AvgIpc) is 2.77. The first-order valence-electron chi connectivity index (χ1n) is 5.03. The fourth-order valence-electron chi connectivity index (χ4n) is 1.78. The van der Waals surface area contributed by atoms with E-state index in [0.29, 0.717) is 15.6 Å². The van der Waals surface area contributed by atoms with Gasteiger partial charge >= 0.3 is 0 Å². The van der Waals surface area contributed by atoms with Crippen LogP contribution in [0.15, 0.2) is 12.1 Å². The first-order chi connectivity index (χ1) is 7.59. The Kier molecular flexibility index (Phi) is 3.97. The standard InChI is InChI=1S/C11H10Cl2INO/c12-8-5-7(6-9(13)10(8)14)11(16)15-3-1-2-4-15/h5-6H,1-4H2. The van der Waals surface area contributed by atoms with E-state index in [0.717, 1.165) is 29.5 Å². The smallest absolute Gasteiger partial charge is 0.253 e. The van der Waals surface area contributed by atoms with Crippen LogP contribution >= 0.6 is 45.8 Å². The molecule has 0 atom stereocenters. The molecule has 0 radical (unpaired) electrons. The van der Waals surface area contributed by atoms with Crippen molar-refractivity contribution in [1.82, 2.24) is 4.90 Å². The molecule has 16 heavy (non-hydrogen) atoms. The molecule has 0 bridgehead atoms. The predicted octanol–water partition coefficient (Wildman–Crippen LogP) is 3.83. The lowest BCUT2D eigenvalue weighted by molar-refractivity contribution is 0.0793. The van der Waals surface area contributed by atoms with E-state index in [1.54, 1.807) is 12.1 Å². The third kappa shape index (κ3) is 2.46. The Morgan fingerprint density at radius 3 is 2.19 bits per heavy atom. The molecule has 1 fully saturated rings. The molecular weight excluding hydrogens is 360 g/mol. The minimum Gasteiger partial charge on any atom is -0.339 e. The molecule has 0 aliphatic carbocycles. The molecule has 5 heteroatoms. The van der Waals surface area contributed by atoms with E-state index >= 15 is 0 Å². The summed E-state index contributed by atoms with van der Waals surface area (Å²) in [5, 5.41) is 1.08. The lowest BCUT2D eigenvalue weighted by Crippen LogP contribution is -2.27. The Hall–Kier alpha value is -0.000000000000000111. The summed E-state index contributed by atoms with van der Waals surface area (Å²) in [7, 11) is 0. The average molecular weight is 370 g/mol. The summed E-state index contributed by atoms with van der Waals surface area (Å²) in [6.07, 6.45) is 2.16. The van der Waals surface area contributed by atoms with Gasteiger partial charge in [-0.1, -0.05) is 23.2 Å². The highest BCUT2D eigenvalue weighted by molar-refractivity contribution is 14.1. The van der Waals surface area contributed by atoms with Crippen LogP contribution < -0.4 is 0 Å². The van der Waals surface area contributed by atoms with Gasteiger partial charge in [-0.25, -0.2) is 0 Å². The Labute approximate surface area is 118 Å². The zero-order valence-electron chi connectivity index (χ0n) is 8.47. The van der Waals surface area contributed by atoms with Crippen molar-refractivity contribution >= 4 is 51.7 Å². The molecule has 0 N–H and O–H groups in total. The van der Waals surface area contributed by atoms with Crippen molar-refractivity contribution < 1.29 is 4.79 Å². The molecule has 86 valence electrons. The fraction of sp³-hybridized carbons (Fsp3) is 0.364. The molecule has 2 nitrogen and oxygen atoms in total. The van der Waals surface area contributed by atoms with Gasteiger partial charge in [0.05, 0.1) is 13.6 Å². The minimum absolute atomic E-state index is 0.0256. The van der Waals surface area contributed by atoms with Crippen molar-refractivity contribution in [1.29, 1.82) is 0 Å². The maximum absolute atomic E-state index is 12.1. The molecule has 2 rings (SSSR count). The van der Waals surface area contributed by atoms with Crippen molar-refractivity contribution in [3.05, 3.63) is 31.3 Å². The van der Waals surface area contributed by atoms with Crippen LogP contribution in [0.4, 0.5) is 0 Å². The summed E-state index contributed by atoms with van der Waals surface area (Å²) < 4.78 is 0.791. The molecule has 1 aliphatic rings. The van der Waals surface area contributed by atoms with Gasteiger partial charge in [0.2, 0.25) is 0 Å². The second kappa shape index (κ2) is 5.10. The van der Waals surface area contributed by atoms with Crippen LogP contribution in [-0.4, -0.2) is 23.9 Å². The quantitative estimate of drug-likeness (QED) is 0.544. The summed E-state index contributed by atoms with van der Waals surface area (Å²) in [5.74, 6) is 0.0256. The van der Waals surface area contributed by atoms with Gasteiger partial charge in [0, 0.05) is 18.7 Å². The highest BCUT2D eigenvalue weighted by Gasteiger charge is 2.20. The monoisotopic (exact) mass is 369 g/mol. The van der Waals surface area contributed by atoms with Gasteiger partial charge in [-0.05, 0) is 47.6 Å². The first-order valence-corrected chi connectivity index (χ1v) is 6.87. The van der Waals surface area contributed by atoms with Crippen LogP contribution in [-0.2, 0) is 0 Å². The molecule has 1 amide bonds. The summed E-state index contributed by atoms with van der Waals surface area (Å²) >= 11 is 14.1. The SMILES string of the molecule is O=C(c1cc(Cl)c(I)c(Cl)c1)N1CCCC1. The van der Waals surface area contributed by atoms with Crippen LogP contribution in [0.25, 0.3) is 0 Å². The van der Waals surface area contributed by atoms with Crippen LogP contribution in [0.5, 0.6) is 0 Å². The summed E-state index contributed by atoms with van der Waals surface area (Å²) in [6.45, 7) is 1.67. The van der Waals surface area contributed by atoms with E-state index in [2.05, 4.69) is 22.6 Å². The number of carbonyl (C=O) groups is 1. The second-order valence-electron chi connectivity index (χ2n) is 3.75. The Balaban J connectivity index is 2.29. The lowest BCUT2D eigenvalue weighted by Gasteiger charge is -2.15. The van der Waals surface area contributed by atoms with Crippen molar-refractivity contribution in [2.45, 2.75) is 12.8 Å². The van der Waals surface area contributed by atoms with Gasteiger partial charge in [0.15, 0.2) is 0 Å². The number of amides is 1.